The number of aryl methyl sites for hydroxylation is 2. The highest BCUT2D eigenvalue weighted by Crippen LogP contribution is 2.32. The first-order valence-corrected chi connectivity index (χ1v) is 8.96. The highest BCUT2D eigenvalue weighted by atomic mass is 32.2. The number of fused-ring (bicyclic) bond motifs is 1. The Balaban J connectivity index is 1.93. The van der Waals surface area contributed by atoms with Gasteiger partial charge in [-0.3, -0.25) is 9.52 Å². The molecule has 1 unspecified atom stereocenters. The average molecular weight is 346 g/mol. The minimum absolute atomic E-state index is 0.0553. The number of nitrogens with one attached hydrogen (secondary N) is 2. The lowest BCUT2D eigenvalue weighted by molar-refractivity contribution is -0.122. The third-order valence-corrected chi connectivity index (χ3v) is 5.18. The first-order valence-electron chi connectivity index (χ1n) is 7.48. The Hall–Kier alpha value is -2.54. The quantitative estimate of drug-likeness (QED) is 0.895. The van der Waals surface area contributed by atoms with Crippen molar-refractivity contribution in [3.05, 3.63) is 47.5 Å². The lowest BCUT2D eigenvalue weighted by Crippen LogP contribution is -2.34. The molecule has 2 N–H and O–H groups in total. The van der Waals surface area contributed by atoms with Gasteiger partial charge in [0.1, 0.15) is 5.75 Å². The molecule has 1 heterocycles. The van der Waals surface area contributed by atoms with Gasteiger partial charge in [0.05, 0.1) is 16.3 Å². The number of carbonyl (C=O) groups is 1. The van der Waals surface area contributed by atoms with Crippen LogP contribution in [0.4, 0.5) is 11.4 Å². The summed E-state index contributed by atoms with van der Waals surface area (Å²) in [6.07, 6.45) is -0.603. The Morgan fingerprint density at radius 3 is 2.58 bits per heavy atom. The van der Waals surface area contributed by atoms with E-state index < -0.39 is 16.1 Å². The van der Waals surface area contributed by atoms with E-state index in [1.54, 1.807) is 19.1 Å². The number of rotatable bonds is 3. The third kappa shape index (κ3) is 3.07. The van der Waals surface area contributed by atoms with Crippen LogP contribution in [0.5, 0.6) is 5.75 Å². The van der Waals surface area contributed by atoms with Crippen LogP contribution in [-0.4, -0.2) is 20.4 Å². The Morgan fingerprint density at radius 1 is 1.12 bits per heavy atom. The van der Waals surface area contributed by atoms with E-state index in [2.05, 4.69) is 10.0 Å². The van der Waals surface area contributed by atoms with Crippen molar-refractivity contribution in [2.75, 3.05) is 10.0 Å². The van der Waals surface area contributed by atoms with E-state index >= 15 is 0 Å². The van der Waals surface area contributed by atoms with Crippen molar-refractivity contribution in [3.63, 3.8) is 0 Å². The summed E-state index contributed by atoms with van der Waals surface area (Å²) < 4.78 is 33.2. The van der Waals surface area contributed by atoms with Gasteiger partial charge in [-0.15, -0.1) is 0 Å². The Morgan fingerprint density at radius 2 is 1.88 bits per heavy atom. The Bertz CT molecular complexity index is 922. The predicted octanol–water partition coefficient (Wildman–Crippen LogP) is 2.82. The predicted molar refractivity (Wildman–Crippen MR) is 91.9 cm³/mol. The molecule has 0 aromatic heterocycles. The molecule has 0 saturated carbocycles. The molecule has 2 aromatic carbocycles. The molecule has 1 atom stereocenters. The van der Waals surface area contributed by atoms with Gasteiger partial charge in [0.25, 0.3) is 15.9 Å². The van der Waals surface area contributed by atoms with Crippen molar-refractivity contribution in [2.24, 2.45) is 0 Å². The summed E-state index contributed by atoms with van der Waals surface area (Å²) in [5, 5.41) is 2.65. The molecule has 1 aliphatic rings. The Kier molecular flexibility index (Phi) is 3.96. The summed E-state index contributed by atoms with van der Waals surface area (Å²) in [5.74, 6) is 0.145. The van der Waals surface area contributed by atoms with E-state index in [1.165, 1.54) is 12.1 Å². The second-order valence-corrected chi connectivity index (χ2v) is 7.51. The van der Waals surface area contributed by atoms with Gasteiger partial charge in [0.15, 0.2) is 6.10 Å². The van der Waals surface area contributed by atoms with Gasteiger partial charge in [0, 0.05) is 0 Å². The molecule has 1 aliphatic heterocycles. The molecule has 0 fully saturated rings. The van der Waals surface area contributed by atoms with Gasteiger partial charge >= 0.3 is 0 Å². The molecule has 24 heavy (non-hydrogen) atoms. The van der Waals surface area contributed by atoms with Crippen molar-refractivity contribution in [1.82, 2.24) is 0 Å². The van der Waals surface area contributed by atoms with Crippen LogP contribution < -0.4 is 14.8 Å². The normalized spacial score (nSPS) is 16.8. The molecule has 2 aromatic rings. The highest BCUT2D eigenvalue weighted by Gasteiger charge is 2.25. The second-order valence-electron chi connectivity index (χ2n) is 5.83. The number of hydrogen-bond donors (Lipinski definition) is 2. The number of sulfonamides is 1. The van der Waals surface area contributed by atoms with Crippen LogP contribution >= 0.6 is 0 Å². The van der Waals surface area contributed by atoms with Crippen molar-refractivity contribution in [1.29, 1.82) is 0 Å². The SMILES string of the molecule is Cc1ccc(NS(=O)(=O)c2ccc3c(c2)NC(=O)C(C)O3)c(C)c1. The topological polar surface area (TPSA) is 84.5 Å². The summed E-state index contributed by atoms with van der Waals surface area (Å²) >= 11 is 0. The van der Waals surface area contributed by atoms with E-state index in [9.17, 15) is 13.2 Å². The fraction of sp³-hybridized carbons (Fsp3) is 0.235. The number of carbonyl (C=O) groups excluding carboxylic acids is 1. The largest absolute Gasteiger partial charge is 0.479 e. The molecular weight excluding hydrogens is 328 g/mol. The van der Waals surface area contributed by atoms with Crippen LogP contribution in [0.25, 0.3) is 0 Å². The van der Waals surface area contributed by atoms with E-state index in [0.717, 1.165) is 11.1 Å². The van der Waals surface area contributed by atoms with E-state index in [0.29, 0.717) is 17.1 Å². The minimum atomic E-state index is -3.77. The molecule has 1 amide bonds. The fourth-order valence-corrected chi connectivity index (χ4v) is 3.64. The number of amides is 1. The first-order chi connectivity index (χ1) is 11.3. The standard InChI is InChI=1S/C17H18N2O4S/c1-10-4-6-14(11(2)8-10)19-24(21,22)13-5-7-16-15(9-13)18-17(20)12(3)23-16/h4-9,12,19H,1-3H3,(H,18,20). The van der Waals surface area contributed by atoms with Gasteiger partial charge in [-0.25, -0.2) is 8.42 Å². The van der Waals surface area contributed by atoms with Crippen LogP contribution in [0.1, 0.15) is 18.1 Å². The average Bonchev–Trinajstić information content (AvgIpc) is 2.51. The zero-order valence-electron chi connectivity index (χ0n) is 13.6. The molecule has 6 nitrogen and oxygen atoms in total. The van der Waals surface area contributed by atoms with Gasteiger partial charge < -0.3 is 10.1 Å². The summed E-state index contributed by atoms with van der Waals surface area (Å²) in [5.41, 5.74) is 2.76. The molecule has 0 spiro atoms. The minimum Gasteiger partial charge on any atom is -0.479 e. The molecule has 0 radical (unpaired) electrons. The monoisotopic (exact) mass is 346 g/mol. The highest BCUT2D eigenvalue weighted by molar-refractivity contribution is 7.92. The summed E-state index contributed by atoms with van der Waals surface area (Å²) in [4.78, 5) is 11.7. The van der Waals surface area contributed by atoms with Crippen molar-refractivity contribution >= 4 is 27.3 Å². The van der Waals surface area contributed by atoms with Gasteiger partial charge in [-0.2, -0.15) is 0 Å². The van der Waals surface area contributed by atoms with Crippen LogP contribution in [0.2, 0.25) is 0 Å². The number of anilines is 2. The molecule has 7 heteroatoms. The van der Waals surface area contributed by atoms with Gasteiger partial charge in [0.2, 0.25) is 0 Å². The number of ether oxygens (including phenoxy) is 1. The van der Waals surface area contributed by atoms with Crippen molar-refractivity contribution in [3.8, 4) is 5.75 Å². The lowest BCUT2D eigenvalue weighted by atomic mass is 10.1. The molecule has 0 bridgehead atoms. The second kappa shape index (κ2) is 5.83. The zero-order valence-corrected chi connectivity index (χ0v) is 14.4. The smallest absolute Gasteiger partial charge is 0.265 e. The molecule has 0 saturated heterocycles. The summed E-state index contributed by atoms with van der Waals surface area (Å²) in [6, 6.07) is 9.86. The Labute approximate surface area is 140 Å². The van der Waals surface area contributed by atoms with Crippen LogP contribution in [-0.2, 0) is 14.8 Å². The molecule has 126 valence electrons. The van der Waals surface area contributed by atoms with E-state index in [4.69, 9.17) is 4.74 Å². The van der Waals surface area contributed by atoms with Gasteiger partial charge in [-0.05, 0) is 50.6 Å². The zero-order chi connectivity index (χ0) is 17.5. The summed E-state index contributed by atoms with van der Waals surface area (Å²) in [6.45, 7) is 5.41. The maximum absolute atomic E-state index is 12.6. The van der Waals surface area contributed by atoms with E-state index in [-0.39, 0.29) is 10.8 Å². The third-order valence-electron chi connectivity index (χ3n) is 3.82. The first kappa shape index (κ1) is 16.3. The van der Waals surface area contributed by atoms with Gasteiger partial charge in [-0.1, -0.05) is 17.7 Å². The lowest BCUT2D eigenvalue weighted by Gasteiger charge is -2.23. The maximum atomic E-state index is 12.6. The molecular formula is C17H18N2O4S. The van der Waals surface area contributed by atoms with Crippen LogP contribution in [0, 0.1) is 13.8 Å². The number of benzene rings is 2. The fourth-order valence-electron chi connectivity index (χ4n) is 2.49. The summed E-state index contributed by atoms with van der Waals surface area (Å²) in [7, 11) is -3.77. The number of hydrogen-bond acceptors (Lipinski definition) is 4. The van der Waals surface area contributed by atoms with E-state index in [1.807, 2.05) is 26.0 Å². The van der Waals surface area contributed by atoms with Crippen LogP contribution in [0.3, 0.4) is 0 Å². The molecule has 0 aliphatic carbocycles. The molecule has 3 rings (SSSR count). The van der Waals surface area contributed by atoms with Crippen molar-refractivity contribution < 1.29 is 17.9 Å². The van der Waals surface area contributed by atoms with Crippen molar-refractivity contribution in [2.45, 2.75) is 31.8 Å². The van der Waals surface area contributed by atoms with Crippen LogP contribution in [0.15, 0.2) is 41.3 Å². The maximum Gasteiger partial charge on any atom is 0.265 e.